The van der Waals surface area contributed by atoms with Crippen molar-refractivity contribution in [3.05, 3.63) is 69.5 Å². The molecule has 0 amide bonds. The van der Waals surface area contributed by atoms with Gasteiger partial charge in [-0.2, -0.15) is 0 Å². The molecule has 0 atom stereocenters. The maximum Gasteiger partial charge on any atom is 0.266 e. The largest absolute Gasteiger partial charge is 0.298 e. The van der Waals surface area contributed by atoms with E-state index in [1.54, 1.807) is 0 Å². The van der Waals surface area contributed by atoms with E-state index in [2.05, 4.69) is 4.98 Å². The highest BCUT2D eigenvalue weighted by molar-refractivity contribution is 6.13. The number of hydrogen-bond acceptors (Lipinski definition) is 4. The first-order valence-corrected chi connectivity index (χ1v) is 6.47. The monoisotopic (exact) mass is 294 g/mol. The lowest BCUT2D eigenvalue weighted by molar-refractivity contribution is 0.103. The van der Waals surface area contributed by atoms with E-state index in [1.165, 1.54) is 30.3 Å². The van der Waals surface area contributed by atoms with Gasteiger partial charge in [-0.25, -0.2) is 9.37 Å². The molecule has 4 rings (SSSR count). The van der Waals surface area contributed by atoms with E-state index in [0.717, 1.165) is 10.6 Å². The number of aldehydes is 1. The van der Waals surface area contributed by atoms with Crippen LogP contribution in [0.3, 0.4) is 0 Å². The Labute approximate surface area is 122 Å². The van der Waals surface area contributed by atoms with Gasteiger partial charge in [0, 0.05) is 5.56 Å². The number of rotatable bonds is 1. The van der Waals surface area contributed by atoms with Crippen LogP contribution < -0.4 is 5.56 Å². The van der Waals surface area contributed by atoms with Crippen LogP contribution in [0.1, 0.15) is 26.5 Å². The van der Waals surface area contributed by atoms with Crippen molar-refractivity contribution in [1.29, 1.82) is 0 Å². The Hall–Kier alpha value is -3.15. The molecule has 1 aliphatic heterocycles. The summed E-state index contributed by atoms with van der Waals surface area (Å²) in [4.78, 5) is 40.0. The minimum Gasteiger partial charge on any atom is -0.298 e. The molecule has 6 heteroatoms. The average molecular weight is 294 g/mol. The Balaban J connectivity index is 2.15. The number of fused-ring (bicyclic) bond motifs is 4. The van der Waals surface area contributed by atoms with Crippen molar-refractivity contribution in [2.75, 3.05) is 0 Å². The molecular formula is C16H7FN2O3. The standard InChI is InChI=1S/C16H7FN2O3/c17-9-2-4-13-11(6-9)14(21)15-18-12-3-1-8(7-20)5-10(12)16(22)19(13)15/h1-7H. The zero-order valence-corrected chi connectivity index (χ0v) is 11.0. The summed E-state index contributed by atoms with van der Waals surface area (Å²) >= 11 is 0. The second kappa shape index (κ2) is 4.17. The van der Waals surface area contributed by atoms with Gasteiger partial charge in [0.2, 0.25) is 5.78 Å². The normalized spacial score (nSPS) is 12.3. The van der Waals surface area contributed by atoms with Gasteiger partial charge in [0.1, 0.15) is 12.1 Å². The van der Waals surface area contributed by atoms with Crippen LogP contribution in [-0.2, 0) is 0 Å². The van der Waals surface area contributed by atoms with Gasteiger partial charge >= 0.3 is 0 Å². The maximum atomic E-state index is 13.3. The lowest BCUT2D eigenvalue weighted by atomic mass is 10.1. The van der Waals surface area contributed by atoms with E-state index in [4.69, 9.17) is 0 Å². The predicted molar refractivity (Wildman–Crippen MR) is 76.1 cm³/mol. The van der Waals surface area contributed by atoms with Crippen molar-refractivity contribution in [1.82, 2.24) is 9.55 Å². The summed E-state index contributed by atoms with van der Waals surface area (Å²) in [5, 5.41) is 0.235. The molecule has 1 aromatic heterocycles. The fraction of sp³-hybridized carbons (Fsp3) is 0. The zero-order chi connectivity index (χ0) is 15.4. The second-order valence-corrected chi connectivity index (χ2v) is 4.96. The van der Waals surface area contributed by atoms with Gasteiger partial charge in [-0.1, -0.05) is 0 Å². The van der Waals surface area contributed by atoms with Crippen LogP contribution in [0, 0.1) is 5.82 Å². The number of hydrogen-bond donors (Lipinski definition) is 0. The van der Waals surface area contributed by atoms with Gasteiger partial charge in [-0.05, 0) is 36.4 Å². The lowest BCUT2D eigenvalue weighted by Crippen LogP contribution is -2.21. The van der Waals surface area contributed by atoms with Gasteiger partial charge in [0.15, 0.2) is 5.82 Å². The Morgan fingerprint density at radius 3 is 2.68 bits per heavy atom. The Bertz CT molecular complexity index is 1050. The van der Waals surface area contributed by atoms with Gasteiger partial charge in [0.05, 0.1) is 22.2 Å². The fourth-order valence-electron chi connectivity index (χ4n) is 2.66. The molecule has 0 fully saturated rings. The summed E-state index contributed by atoms with van der Waals surface area (Å²) in [5.41, 5.74) is 0.620. The molecule has 0 saturated carbocycles. The number of carbonyl (C=O) groups is 2. The Morgan fingerprint density at radius 1 is 1.09 bits per heavy atom. The molecule has 0 spiro atoms. The van der Waals surface area contributed by atoms with Crippen molar-refractivity contribution in [2.24, 2.45) is 0 Å². The van der Waals surface area contributed by atoms with Crippen LogP contribution >= 0.6 is 0 Å². The molecule has 0 saturated heterocycles. The average Bonchev–Trinajstić information content (AvgIpc) is 2.80. The van der Waals surface area contributed by atoms with Gasteiger partial charge in [-0.3, -0.25) is 19.0 Å². The molecule has 2 heterocycles. The second-order valence-electron chi connectivity index (χ2n) is 4.96. The summed E-state index contributed by atoms with van der Waals surface area (Å²) in [6.07, 6.45) is 0.630. The number of halogens is 1. The van der Waals surface area contributed by atoms with Crippen molar-refractivity contribution >= 4 is 23.0 Å². The molecule has 0 bridgehead atoms. The molecule has 106 valence electrons. The number of nitrogens with zero attached hydrogens (tertiary/aromatic N) is 2. The number of carbonyl (C=O) groups excluding carboxylic acids is 2. The van der Waals surface area contributed by atoms with E-state index in [0.29, 0.717) is 23.1 Å². The van der Waals surface area contributed by atoms with Crippen molar-refractivity contribution in [2.45, 2.75) is 0 Å². The van der Waals surface area contributed by atoms with Crippen LogP contribution in [0.2, 0.25) is 0 Å². The summed E-state index contributed by atoms with van der Waals surface area (Å²) in [6, 6.07) is 8.10. The summed E-state index contributed by atoms with van der Waals surface area (Å²) < 4.78 is 14.5. The Kier molecular flexibility index (Phi) is 2.39. The lowest BCUT2D eigenvalue weighted by Gasteiger charge is -2.05. The third-order valence-corrected chi connectivity index (χ3v) is 3.68. The zero-order valence-electron chi connectivity index (χ0n) is 11.0. The number of benzene rings is 2. The van der Waals surface area contributed by atoms with Crippen molar-refractivity contribution < 1.29 is 14.0 Å². The molecule has 0 radical (unpaired) electrons. The summed E-state index contributed by atoms with van der Waals surface area (Å²) in [7, 11) is 0. The van der Waals surface area contributed by atoms with Crippen LogP contribution in [0.5, 0.6) is 0 Å². The minimum absolute atomic E-state index is 0.0445. The SMILES string of the molecule is O=Cc1ccc2nc3n(c(=O)c2c1)-c1ccc(F)cc1C3=O. The third-order valence-electron chi connectivity index (χ3n) is 3.68. The highest BCUT2D eigenvalue weighted by atomic mass is 19.1. The van der Waals surface area contributed by atoms with Crippen LogP contribution in [0.4, 0.5) is 4.39 Å². The predicted octanol–water partition coefficient (Wildman–Crippen LogP) is 1.88. The topological polar surface area (TPSA) is 69.0 Å². The molecule has 22 heavy (non-hydrogen) atoms. The van der Waals surface area contributed by atoms with E-state index in [1.807, 2.05) is 0 Å². The minimum atomic E-state index is -0.555. The van der Waals surface area contributed by atoms with Crippen molar-refractivity contribution in [3.8, 4) is 5.69 Å². The highest BCUT2D eigenvalue weighted by Gasteiger charge is 2.30. The third kappa shape index (κ3) is 1.52. The molecule has 0 unspecified atom stereocenters. The molecule has 3 aromatic rings. The van der Waals surface area contributed by atoms with Gasteiger partial charge in [0.25, 0.3) is 5.56 Å². The van der Waals surface area contributed by atoms with E-state index in [9.17, 15) is 18.8 Å². The smallest absolute Gasteiger partial charge is 0.266 e. The summed E-state index contributed by atoms with van der Waals surface area (Å²) in [6.45, 7) is 0. The van der Waals surface area contributed by atoms with Crippen LogP contribution in [0.15, 0.2) is 41.2 Å². The van der Waals surface area contributed by atoms with Gasteiger partial charge in [-0.15, -0.1) is 0 Å². The molecular weight excluding hydrogens is 287 g/mol. The van der Waals surface area contributed by atoms with Gasteiger partial charge < -0.3 is 0 Å². The van der Waals surface area contributed by atoms with E-state index < -0.39 is 17.2 Å². The van der Waals surface area contributed by atoms with E-state index in [-0.39, 0.29) is 16.8 Å². The van der Waals surface area contributed by atoms with Crippen LogP contribution in [0.25, 0.3) is 16.6 Å². The first-order valence-electron chi connectivity index (χ1n) is 6.47. The molecule has 0 N–H and O–H groups in total. The number of aromatic nitrogens is 2. The molecule has 1 aliphatic rings. The van der Waals surface area contributed by atoms with Crippen LogP contribution in [-0.4, -0.2) is 21.6 Å². The quantitative estimate of drug-likeness (QED) is 0.503. The fourth-order valence-corrected chi connectivity index (χ4v) is 2.66. The molecule has 2 aromatic carbocycles. The first-order chi connectivity index (χ1) is 10.6. The molecule has 0 aliphatic carbocycles. The Morgan fingerprint density at radius 2 is 1.91 bits per heavy atom. The highest BCUT2D eigenvalue weighted by Crippen LogP contribution is 2.26. The number of ketones is 1. The molecule has 5 nitrogen and oxygen atoms in total. The first kappa shape index (κ1) is 12.6. The van der Waals surface area contributed by atoms with E-state index >= 15 is 0 Å². The maximum absolute atomic E-state index is 13.3. The van der Waals surface area contributed by atoms with Crippen molar-refractivity contribution in [3.63, 3.8) is 0 Å². The summed E-state index contributed by atoms with van der Waals surface area (Å²) in [5.74, 6) is -1.09.